The number of aromatic nitrogens is 2. The Kier molecular flexibility index (Phi) is 5.91. The summed E-state index contributed by atoms with van der Waals surface area (Å²) < 4.78 is 3.85. The largest absolute Gasteiger partial charge is 0.351 e. The van der Waals surface area contributed by atoms with Crippen LogP contribution < -0.4 is 5.32 Å². The standard InChI is InChI=1S/C14H24N4OS/c1-3-12-13(20-17-16-12)14(19)15-7-5-9-18-8-4-6-11(2)10-18/h11H,3-10H2,1-2H3,(H,15,19). The highest BCUT2D eigenvalue weighted by atomic mass is 32.1. The molecule has 1 atom stereocenters. The van der Waals surface area contributed by atoms with Crippen molar-refractivity contribution in [1.29, 1.82) is 0 Å². The van der Waals surface area contributed by atoms with Crippen LogP contribution in [0.5, 0.6) is 0 Å². The maximum absolute atomic E-state index is 12.0. The predicted molar refractivity (Wildman–Crippen MR) is 81.1 cm³/mol. The number of likely N-dealkylation sites (tertiary alicyclic amines) is 1. The summed E-state index contributed by atoms with van der Waals surface area (Å²) in [5.41, 5.74) is 0.803. The Balaban J connectivity index is 1.67. The third-order valence-corrected chi connectivity index (χ3v) is 4.54. The fourth-order valence-corrected chi connectivity index (χ4v) is 3.35. The molecule has 0 bridgehead atoms. The van der Waals surface area contributed by atoms with Crippen LogP contribution in [0.4, 0.5) is 0 Å². The number of hydrogen-bond acceptors (Lipinski definition) is 5. The molecule has 0 aliphatic carbocycles. The average Bonchev–Trinajstić information content (AvgIpc) is 2.92. The van der Waals surface area contributed by atoms with Crippen molar-refractivity contribution in [2.24, 2.45) is 5.92 Å². The van der Waals surface area contributed by atoms with Crippen LogP contribution in [-0.4, -0.2) is 46.6 Å². The van der Waals surface area contributed by atoms with Crippen LogP contribution in [0.3, 0.4) is 0 Å². The van der Waals surface area contributed by atoms with Gasteiger partial charge in [0.15, 0.2) is 0 Å². The number of hydrogen-bond donors (Lipinski definition) is 1. The molecule has 20 heavy (non-hydrogen) atoms. The van der Waals surface area contributed by atoms with Crippen LogP contribution in [0, 0.1) is 5.92 Å². The lowest BCUT2D eigenvalue weighted by molar-refractivity contribution is 0.0953. The van der Waals surface area contributed by atoms with E-state index in [1.54, 1.807) is 0 Å². The first-order valence-electron chi connectivity index (χ1n) is 7.52. The van der Waals surface area contributed by atoms with E-state index < -0.39 is 0 Å². The third kappa shape index (κ3) is 4.24. The summed E-state index contributed by atoms with van der Waals surface area (Å²) in [5, 5.41) is 6.94. The van der Waals surface area contributed by atoms with E-state index >= 15 is 0 Å². The van der Waals surface area contributed by atoms with Crippen LogP contribution in [-0.2, 0) is 6.42 Å². The molecule has 1 aliphatic heterocycles. The van der Waals surface area contributed by atoms with Crippen molar-refractivity contribution in [2.45, 2.75) is 39.5 Å². The quantitative estimate of drug-likeness (QED) is 0.815. The van der Waals surface area contributed by atoms with Crippen molar-refractivity contribution in [3.05, 3.63) is 10.6 Å². The predicted octanol–water partition coefficient (Wildman–Crippen LogP) is 1.95. The molecule has 1 N–H and O–H groups in total. The van der Waals surface area contributed by atoms with Gasteiger partial charge in [0.1, 0.15) is 4.88 Å². The van der Waals surface area contributed by atoms with E-state index in [0.717, 1.165) is 37.5 Å². The number of piperidine rings is 1. The van der Waals surface area contributed by atoms with E-state index in [-0.39, 0.29) is 5.91 Å². The second-order valence-electron chi connectivity index (χ2n) is 5.56. The highest BCUT2D eigenvalue weighted by molar-refractivity contribution is 7.08. The smallest absolute Gasteiger partial charge is 0.264 e. The molecule has 1 amide bonds. The second-order valence-corrected chi connectivity index (χ2v) is 6.31. The van der Waals surface area contributed by atoms with Crippen LogP contribution in [0.15, 0.2) is 0 Å². The molecule has 5 nitrogen and oxygen atoms in total. The fraction of sp³-hybridized carbons (Fsp3) is 0.786. The highest BCUT2D eigenvalue weighted by Gasteiger charge is 2.16. The first-order chi connectivity index (χ1) is 9.70. The van der Waals surface area contributed by atoms with Gasteiger partial charge in [0.2, 0.25) is 0 Å². The molecule has 1 aromatic rings. The van der Waals surface area contributed by atoms with Gasteiger partial charge in [-0.15, -0.1) is 5.10 Å². The molecule has 1 fully saturated rings. The Morgan fingerprint density at radius 3 is 3.15 bits per heavy atom. The lowest BCUT2D eigenvalue weighted by Crippen LogP contribution is -2.36. The minimum Gasteiger partial charge on any atom is -0.351 e. The Hall–Kier alpha value is -1.01. The van der Waals surface area contributed by atoms with Crippen molar-refractivity contribution >= 4 is 17.4 Å². The van der Waals surface area contributed by atoms with Crippen LogP contribution >= 0.6 is 11.5 Å². The van der Waals surface area contributed by atoms with Gasteiger partial charge >= 0.3 is 0 Å². The number of nitrogens with one attached hydrogen (secondary N) is 1. The van der Waals surface area contributed by atoms with Crippen molar-refractivity contribution in [2.75, 3.05) is 26.2 Å². The summed E-state index contributed by atoms with van der Waals surface area (Å²) in [6.07, 6.45) is 4.42. The van der Waals surface area contributed by atoms with Crippen molar-refractivity contribution < 1.29 is 4.79 Å². The van der Waals surface area contributed by atoms with Crippen molar-refractivity contribution in [3.63, 3.8) is 0 Å². The molecule has 0 saturated carbocycles. The normalized spacial score (nSPS) is 20.0. The lowest BCUT2D eigenvalue weighted by Gasteiger charge is -2.30. The molecule has 6 heteroatoms. The molecule has 0 radical (unpaired) electrons. The number of carbonyl (C=O) groups excluding carboxylic acids is 1. The summed E-state index contributed by atoms with van der Waals surface area (Å²) in [4.78, 5) is 15.2. The molecule has 1 saturated heterocycles. The molecule has 0 spiro atoms. The van der Waals surface area contributed by atoms with Gasteiger partial charge in [-0.05, 0) is 56.2 Å². The number of amides is 1. The van der Waals surface area contributed by atoms with Gasteiger partial charge in [0.25, 0.3) is 5.91 Å². The highest BCUT2D eigenvalue weighted by Crippen LogP contribution is 2.15. The van der Waals surface area contributed by atoms with E-state index in [2.05, 4.69) is 26.7 Å². The van der Waals surface area contributed by atoms with Gasteiger partial charge in [-0.1, -0.05) is 18.3 Å². The number of rotatable bonds is 6. The van der Waals surface area contributed by atoms with Crippen molar-refractivity contribution in [3.8, 4) is 0 Å². The molecule has 1 aliphatic rings. The maximum atomic E-state index is 12.0. The third-order valence-electron chi connectivity index (χ3n) is 3.77. The van der Waals surface area contributed by atoms with Crippen LogP contribution in [0.1, 0.15) is 48.5 Å². The molecule has 0 aromatic carbocycles. The van der Waals surface area contributed by atoms with E-state index in [0.29, 0.717) is 4.88 Å². The second kappa shape index (κ2) is 7.69. The zero-order valence-electron chi connectivity index (χ0n) is 12.4. The van der Waals surface area contributed by atoms with Gasteiger partial charge in [0.05, 0.1) is 5.69 Å². The zero-order valence-corrected chi connectivity index (χ0v) is 13.2. The van der Waals surface area contributed by atoms with Gasteiger partial charge in [0, 0.05) is 13.1 Å². The van der Waals surface area contributed by atoms with E-state index in [4.69, 9.17) is 0 Å². The summed E-state index contributed by atoms with van der Waals surface area (Å²) in [6, 6.07) is 0. The molecule has 2 heterocycles. The molecule has 2 rings (SSSR count). The van der Waals surface area contributed by atoms with Gasteiger partial charge in [-0.25, -0.2) is 0 Å². The summed E-state index contributed by atoms with van der Waals surface area (Å²) in [7, 11) is 0. The Labute approximate surface area is 124 Å². The average molecular weight is 296 g/mol. The zero-order chi connectivity index (χ0) is 14.4. The summed E-state index contributed by atoms with van der Waals surface area (Å²) in [5.74, 6) is 0.789. The minimum absolute atomic E-state index is 0.0242. The number of nitrogens with zero attached hydrogens (tertiary/aromatic N) is 3. The minimum atomic E-state index is -0.0242. The van der Waals surface area contributed by atoms with Gasteiger partial charge in [-0.2, -0.15) is 0 Å². The van der Waals surface area contributed by atoms with Gasteiger partial charge < -0.3 is 10.2 Å². The fourth-order valence-electron chi connectivity index (χ4n) is 2.69. The lowest BCUT2D eigenvalue weighted by atomic mass is 10.0. The first-order valence-corrected chi connectivity index (χ1v) is 8.29. The first kappa shape index (κ1) is 15.4. The van der Waals surface area contributed by atoms with Crippen molar-refractivity contribution in [1.82, 2.24) is 19.8 Å². The molecule has 112 valence electrons. The number of aryl methyl sites for hydroxylation is 1. The molecule has 1 unspecified atom stereocenters. The van der Waals surface area contributed by atoms with Crippen LogP contribution in [0.2, 0.25) is 0 Å². The van der Waals surface area contributed by atoms with E-state index in [9.17, 15) is 4.79 Å². The number of carbonyl (C=O) groups is 1. The Morgan fingerprint density at radius 2 is 2.40 bits per heavy atom. The van der Waals surface area contributed by atoms with E-state index in [1.807, 2.05) is 6.92 Å². The Bertz CT molecular complexity index is 435. The van der Waals surface area contributed by atoms with E-state index in [1.165, 1.54) is 37.5 Å². The molecular formula is C14H24N4OS. The monoisotopic (exact) mass is 296 g/mol. The SMILES string of the molecule is CCc1nnsc1C(=O)NCCCN1CCCC(C)C1. The summed E-state index contributed by atoms with van der Waals surface area (Å²) in [6.45, 7) is 8.52. The molecular weight excluding hydrogens is 272 g/mol. The molecule has 1 aromatic heterocycles. The van der Waals surface area contributed by atoms with Crippen LogP contribution in [0.25, 0.3) is 0 Å². The maximum Gasteiger partial charge on any atom is 0.264 e. The Morgan fingerprint density at radius 1 is 1.55 bits per heavy atom. The summed E-state index contributed by atoms with van der Waals surface area (Å²) >= 11 is 1.19. The topological polar surface area (TPSA) is 58.1 Å². The van der Waals surface area contributed by atoms with Gasteiger partial charge in [-0.3, -0.25) is 4.79 Å².